The maximum Gasteiger partial charge on any atom is 0.251 e. The second kappa shape index (κ2) is 8.49. The van der Waals surface area contributed by atoms with Gasteiger partial charge < -0.3 is 19.9 Å². The Morgan fingerprint density at radius 1 is 1.14 bits per heavy atom. The maximum absolute atomic E-state index is 12.6. The third kappa shape index (κ3) is 4.49. The Kier molecular flexibility index (Phi) is 5.62. The molecule has 1 fully saturated rings. The highest BCUT2D eigenvalue weighted by atomic mass is 16.5. The van der Waals surface area contributed by atoms with Crippen LogP contribution in [0.3, 0.4) is 0 Å². The Bertz CT molecular complexity index is 1080. The molecule has 0 spiro atoms. The molecule has 0 saturated carbocycles. The van der Waals surface area contributed by atoms with E-state index < -0.39 is 0 Å². The van der Waals surface area contributed by atoms with E-state index in [2.05, 4.69) is 15.2 Å². The normalized spacial score (nSPS) is 14.2. The number of hydrogen-bond donors (Lipinski definition) is 2. The zero-order chi connectivity index (χ0) is 20.2. The molecule has 29 heavy (non-hydrogen) atoms. The fraction of sp³-hybridized carbons (Fsp3) is 0.304. The molecule has 0 aliphatic carbocycles. The molecular formula is C23H25N3O3. The summed E-state index contributed by atoms with van der Waals surface area (Å²) in [5.74, 6) is -0.103. The van der Waals surface area contributed by atoms with Crippen LogP contribution in [0.4, 0.5) is 11.4 Å². The molecule has 2 aromatic carbocycles. The van der Waals surface area contributed by atoms with Crippen molar-refractivity contribution in [3.05, 3.63) is 70.0 Å². The number of anilines is 2. The zero-order valence-electron chi connectivity index (χ0n) is 16.5. The van der Waals surface area contributed by atoms with Crippen molar-refractivity contribution in [1.29, 1.82) is 0 Å². The van der Waals surface area contributed by atoms with Crippen LogP contribution in [0.1, 0.15) is 17.5 Å². The van der Waals surface area contributed by atoms with Crippen LogP contribution in [0.15, 0.2) is 53.3 Å². The number of nitrogens with zero attached hydrogens (tertiary/aromatic N) is 1. The number of aromatic nitrogens is 1. The predicted octanol–water partition coefficient (Wildman–Crippen LogP) is 3.24. The lowest BCUT2D eigenvalue weighted by Gasteiger charge is -2.30. The van der Waals surface area contributed by atoms with Crippen molar-refractivity contribution in [2.45, 2.75) is 19.8 Å². The first-order valence-corrected chi connectivity index (χ1v) is 9.94. The van der Waals surface area contributed by atoms with E-state index in [1.807, 2.05) is 55.5 Å². The molecule has 1 aromatic heterocycles. The standard InChI is InChI=1S/C23H25N3O3/c1-16-6-7-17-15-18(23(28)25-20(17)14-16)8-9-22(27)24-19-4-2-3-5-21(19)26-10-12-29-13-11-26/h2-7,14-15H,8-13H2,1H3,(H,24,27)(H,25,28). The van der Waals surface area contributed by atoms with E-state index in [1.54, 1.807) is 0 Å². The SMILES string of the molecule is Cc1ccc2cc(CCC(=O)Nc3ccccc3N3CCOCC3)c(=O)[nH]c2c1. The lowest BCUT2D eigenvalue weighted by atomic mass is 10.1. The third-order valence-electron chi connectivity index (χ3n) is 5.23. The summed E-state index contributed by atoms with van der Waals surface area (Å²) in [6, 6.07) is 15.6. The number of para-hydroxylation sites is 2. The Hall–Kier alpha value is -3.12. The Morgan fingerprint density at radius 3 is 2.76 bits per heavy atom. The highest BCUT2D eigenvalue weighted by Crippen LogP contribution is 2.26. The number of morpholine rings is 1. The molecule has 4 rings (SSSR count). The maximum atomic E-state index is 12.6. The van der Waals surface area contributed by atoms with Gasteiger partial charge >= 0.3 is 0 Å². The molecule has 2 N–H and O–H groups in total. The van der Waals surface area contributed by atoms with Crippen molar-refractivity contribution in [3.8, 4) is 0 Å². The number of benzene rings is 2. The molecule has 0 atom stereocenters. The van der Waals surface area contributed by atoms with Gasteiger partial charge in [-0.25, -0.2) is 0 Å². The molecule has 6 heteroatoms. The molecule has 0 unspecified atom stereocenters. The second-order valence-electron chi connectivity index (χ2n) is 7.38. The Balaban J connectivity index is 1.45. The van der Waals surface area contributed by atoms with Gasteiger partial charge in [0.1, 0.15) is 0 Å². The summed E-state index contributed by atoms with van der Waals surface area (Å²) >= 11 is 0. The Labute approximate surface area is 169 Å². The molecule has 6 nitrogen and oxygen atoms in total. The number of fused-ring (bicyclic) bond motifs is 1. The average molecular weight is 391 g/mol. The van der Waals surface area contributed by atoms with Crippen molar-refractivity contribution >= 4 is 28.2 Å². The van der Waals surface area contributed by atoms with Crippen LogP contribution in [-0.2, 0) is 16.0 Å². The number of hydrogen-bond acceptors (Lipinski definition) is 4. The quantitative estimate of drug-likeness (QED) is 0.700. The number of carbonyl (C=O) groups excluding carboxylic acids is 1. The smallest absolute Gasteiger partial charge is 0.251 e. The molecule has 0 bridgehead atoms. The van der Waals surface area contributed by atoms with E-state index in [0.29, 0.717) is 25.2 Å². The van der Waals surface area contributed by atoms with E-state index in [9.17, 15) is 9.59 Å². The van der Waals surface area contributed by atoms with Gasteiger partial charge in [0.05, 0.1) is 24.6 Å². The van der Waals surface area contributed by atoms with Crippen LogP contribution in [0.5, 0.6) is 0 Å². The van der Waals surface area contributed by atoms with Gasteiger partial charge in [-0.1, -0.05) is 24.3 Å². The van der Waals surface area contributed by atoms with Crippen molar-refractivity contribution < 1.29 is 9.53 Å². The molecule has 3 aromatic rings. The number of carbonyl (C=O) groups is 1. The number of aryl methyl sites for hydroxylation is 2. The monoisotopic (exact) mass is 391 g/mol. The highest BCUT2D eigenvalue weighted by molar-refractivity contribution is 5.94. The number of pyridine rings is 1. The average Bonchev–Trinajstić information content (AvgIpc) is 2.73. The second-order valence-corrected chi connectivity index (χ2v) is 7.38. The fourth-order valence-corrected chi connectivity index (χ4v) is 3.67. The van der Waals surface area contributed by atoms with E-state index in [-0.39, 0.29) is 17.9 Å². The summed E-state index contributed by atoms with van der Waals surface area (Å²) in [5.41, 5.74) is 4.20. The molecule has 1 amide bonds. The van der Waals surface area contributed by atoms with E-state index in [1.165, 1.54) is 0 Å². The molecule has 1 saturated heterocycles. The number of H-pyrrole nitrogens is 1. The summed E-state index contributed by atoms with van der Waals surface area (Å²) in [6.07, 6.45) is 0.641. The van der Waals surface area contributed by atoms with Gasteiger partial charge in [0.25, 0.3) is 5.56 Å². The molecular weight excluding hydrogens is 366 g/mol. The lowest BCUT2D eigenvalue weighted by Crippen LogP contribution is -2.36. The number of nitrogens with one attached hydrogen (secondary N) is 2. The van der Waals surface area contributed by atoms with Crippen LogP contribution in [0, 0.1) is 6.92 Å². The first-order chi connectivity index (χ1) is 14.1. The topological polar surface area (TPSA) is 74.4 Å². The first kappa shape index (κ1) is 19.2. The molecule has 2 heterocycles. The summed E-state index contributed by atoms with van der Waals surface area (Å²) in [7, 11) is 0. The minimum absolute atomic E-state index is 0.103. The summed E-state index contributed by atoms with van der Waals surface area (Å²) in [6.45, 7) is 4.97. The van der Waals surface area contributed by atoms with Crippen LogP contribution < -0.4 is 15.8 Å². The largest absolute Gasteiger partial charge is 0.378 e. The van der Waals surface area contributed by atoms with Crippen molar-refractivity contribution in [2.24, 2.45) is 0 Å². The Morgan fingerprint density at radius 2 is 1.93 bits per heavy atom. The van der Waals surface area contributed by atoms with Gasteiger partial charge in [0.15, 0.2) is 0 Å². The number of amides is 1. The number of ether oxygens (including phenoxy) is 1. The number of aromatic amines is 1. The van der Waals surface area contributed by atoms with Crippen LogP contribution in [0.2, 0.25) is 0 Å². The van der Waals surface area contributed by atoms with Gasteiger partial charge in [-0.3, -0.25) is 9.59 Å². The third-order valence-corrected chi connectivity index (χ3v) is 5.23. The summed E-state index contributed by atoms with van der Waals surface area (Å²) in [4.78, 5) is 30.1. The lowest BCUT2D eigenvalue weighted by molar-refractivity contribution is -0.116. The fourth-order valence-electron chi connectivity index (χ4n) is 3.67. The molecule has 1 aliphatic heterocycles. The van der Waals surface area contributed by atoms with Crippen molar-refractivity contribution in [3.63, 3.8) is 0 Å². The predicted molar refractivity (Wildman–Crippen MR) is 116 cm³/mol. The van der Waals surface area contributed by atoms with Crippen molar-refractivity contribution in [2.75, 3.05) is 36.5 Å². The van der Waals surface area contributed by atoms with Gasteiger partial charge in [-0.2, -0.15) is 0 Å². The minimum Gasteiger partial charge on any atom is -0.378 e. The van der Waals surface area contributed by atoms with Crippen LogP contribution in [0.25, 0.3) is 10.9 Å². The van der Waals surface area contributed by atoms with Gasteiger partial charge in [-0.15, -0.1) is 0 Å². The first-order valence-electron chi connectivity index (χ1n) is 9.94. The van der Waals surface area contributed by atoms with E-state index in [0.717, 1.165) is 40.9 Å². The highest BCUT2D eigenvalue weighted by Gasteiger charge is 2.16. The number of rotatable bonds is 5. The van der Waals surface area contributed by atoms with E-state index >= 15 is 0 Å². The molecule has 1 aliphatic rings. The van der Waals surface area contributed by atoms with Gasteiger partial charge in [0, 0.05) is 30.6 Å². The van der Waals surface area contributed by atoms with E-state index in [4.69, 9.17) is 4.74 Å². The molecule has 0 radical (unpaired) electrons. The summed E-state index contributed by atoms with van der Waals surface area (Å²) in [5, 5.41) is 3.98. The summed E-state index contributed by atoms with van der Waals surface area (Å²) < 4.78 is 5.42. The minimum atomic E-state index is -0.135. The van der Waals surface area contributed by atoms with Gasteiger partial charge in [0.2, 0.25) is 5.91 Å². The van der Waals surface area contributed by atoms with Gasteiger partial charge in [-0.05, 0) is 48.6 Å². The van der Waals surface area contributed by atoms with Crippen LogP contribution >= 0.6 is 0 Å². The van der Waals surface area contributed by atoms with Crippen LogP contribution in [-0.4, -0.2) is 37.2 Å². The van der Waals surface area contributed by atoms with Crippen molar-refractivity contribution in [1.82, 2.24) is 4.98 Å². The zero-order valence-corrected chi connectivity index (χ0v) is 16.5. The molecule has 150 valence electrons.